The number of benzene rings is 4. The van der Waals surface area contributed by atoms with Gasteiger partial charge in [0, 0.05) is 11.8 Å². The first kappa shape index (κ1) is 25.4. The van der Waals surface area contributed by atoms with E-state index in [0.29, 0.717) is 11.0 Å². The zero-order valence-corrected chi connectivity index (χ0v) is 22.5. The van der Waals surface area contributed by atoms with Crippen molar-refractivity contribution in [3.05, 3.63) is 158 Å². The molecule has 0 saturated heterocycles. The van der Waals surface area contributed by atoms with Crippen molar-refractivity contribution in [1.82, 2.24) is 9.55 Å². The third-order valence-electron chi connectivity index (χ3n) is 6.70. The van der Waals surface area contributed by atoms with Crippen LogP contribution in [0.5, 0.6) is 0 Å². The molecule has 186 valence electrons. The summed E-state index contributed by atoms with van der Waals surface area (Å²) in [5.41, 5.74) is 2.90. The Morgan fingerprint density at radius 3 is 1.84 bits per heavy atom. The van der Waals surface area contributed by atoms with E-state index in [0.717, 1.165) is 22.3 Å². The monoisotopic (exact) mass is 574 g/mol. The first-order chi connectivity index (χ1) is 18.0. The molecule has 0 fully saturated rings. The van der Waals surface area contributed by atoms with Gasteiger partial charge in [0.1, 0.15) is 27.9 Å². The Labute approximate surface area is 229 Å². The topological polar surface area (TPSA) is 38.1 Å². The van der Waals surface area contributed by atoms with E-state index in [1.54, 1.807) is 12.1 Å². The first-order valence-electron chi connectivity index (χ1n) is 12.0. The quantitative estimate of drug-likeness (QED) is 0.200. The maximum absolute atomic E-state index is 15.3. The van der Waals surface area contributed by atoms with E-state index in [1.165, 1.54) is 0 Å². The fraction of sp³-hybridized carbons (Fsp3) is 0.129. The van der Waals surface area contributed by atoms with Crippen LogP contribution >= 0.6 is 27.5 Å². The van der Waals surface area contributed by atoms with E-state index in [1.807, 2.05) is 72.3 Å². The SMILES string of the molecule is CCc1cc(Cl)c(F)c(C(O)c2nc(Br)cn2C(c2ccccc2)(c2ccccc2)c2ccccc2)c1. The lowest BCUT2D eigenvalue weighted by Gasteiger charge is -2.39. The number of rotatable bonds is 7. The van der Waals surface area contributed by atoms with Gasteiger partial charge in [-0.1, -0.05) is 110 Å². The standard InChI is InChI=1S/C31H25BrClFN2O/c1-2-21-18-25(28(34)26(33)19-21)29(37)30-35-27(32)20-36(30)31(22-12-6-3-7-13-22,23-14-8-4-9-15-23)24-16-10-5-11-17-24/h3-20,29,37H,2H2,1H3. The van der Waals surface area contributed by atoms with Crippen LogP contribution in [0.4, 0.5) is 4.39 Å². The molecule has 37 heavy (non-hydrogen) atoms. The highest BCUT2D eigenvalue weighted by atomic mass is 79.9. The van der Waals surface area contributed by atoms with Crippen LogP contribution in [0, 0.1) is 5.82 Å². The van der Waals surface area contributed by atoms with Gasteiger partial charge in [-0.05, 0) is 56.7 Å². The number of aromatic nitrogens is 2. The van der Waals surface area contributed by atoms with Gasteiger partial charge in [-0.2, -0.15) is 0 Å². The summed E-state index contributed by atoms with van der Waals surface area (Å²) < 4.78 is 17.8. The summed E-state index contributed by atoms with van der Waals surface area (Å²) in [6.07, 6.45) is 1.13. The number of aliphatic hydroxyl groups excluding tert-OH is 1. The summed E-state index contributed by atoms with van der Waals surface area (Å²) in [5, 5.41) is 11.7. The Balaban J connectivity index is 1.86. The Morgan fingerprint density at radius 2 is 1.38 bits per heavy atom. The van der Waals surface area contributed by atoms with Gasteiger partial charge in [0.2, 0.25) is 0 Å². The zero-order chi connectivity index (χ0) is 26.0. The maximum Gasteiger partial charge on any atom is 0.148 e. The second-order valence-corrected chi connectivity index (χ2v) is 10.1. The highest BCUT2D eigenvalue weighted by molar-refractivity contribution is 9.10. The van der Waals surface area contributed by atoms with Crippen molar-refractivity contribution in [1.29, 1.82) is 0 Å². The average Bonchev–Trinajstić information content (AvgIpc) is 3.33. The van der Waals surface area contributed by atoms with E-state index >= 15 is 4.39 Å². The van der Waals surface area contributed by atoms with E-state index in [4.69, 9.17) is 11.6 Å². The molecule has 0 aliphatic heterocycles. The van der Waals surface area contributed by atoms with Gasteiger partial charge in [0.15, 0.2) is 0 Å². The van der Waals surface area contributed by atoms with E-state index < -0.39 is 17.5 Å². The van der Waals surface area contributed by atoms with Crippen LogP contribution in [-0.4, -0.2) is 14.7 Å². The van der Waals surface area contributed by atoms with Gasteiger partial charge < -0.3 is 9.67 Å². The normalized spacial score (nSPS) is 12.5. The van der Waals surface area contributed by atoms with Gasteiger partial charge in [0.25, 0.3) is 0 Å². The summed E-state index contributed by atoms with van der Waals surface area (Å²) in [6, 6.07) is 33.4. The minimum atomic E-state index is -1.37. The van der Waals surface area contributed by atoms with Gasteiger partial charge in [-0.25, -0.2) is 9.37 Å². The van der Waals surface area contributed by atoms with Gasteiger partial charge in [0.05, 0.1) is 5.02 Å². The summed E-state index contributed by atoms with van der Waals surface area (Å²) in [4.78, 5) is 4.68. The average molecular weight is 576 g/mol. The Bertz CT molecular complexity index is 1410. The lowest BCUT2D eigenvalue weighted by molar-refractivity contribution is 0.195. The molecule has 5 aromatic rings. The lowest BCUT2D eigenvalue weighted by Crippen LogP contribution is -2.39. The number of aliphatic hydroxyl groups is 1. The number of nitrogens with zero attached hydrogens (tertiary/aromatic N) is 2. The van der Waals surface area contributed by atoms with Crippen molar-refractivity contribution in [3.63, 3.8) is 0 Å². The largest absolute Gasteiger partial charge is 0.380 e. The van der Waals surface area contributed by atoms with Crippen molar-refractivity contribution in [2.24, 2.45) is 0 Å². The number of aryl methyl sites for hydroxylation is 1. The fourth-order valence-electron chi connectivity index (χ4n) is 4.99. The molecule has 6 heteroatoms. The van der Waals surface area contributed by atoms with Gasteiger partial charge >= 0.3 is 0 Å². The van der Waals surface area contributed by atoms with Crippen LogP contribution in [-0.2, 0) is 12.0 Å². The van der Waals surface area contributed by atoms with E-state index in [-0.39, 0.29) is 16.4 Å². The fourth-order valence-corrected chi connectivity index (χ4v) is 5.63. The number of imidazole rings is 1. The van der Waals surface area contributed by atoms with Crippen molar-refractivity contribution in [2.75, 3.05) is 0 Å². The Kier molecular flexibility index (Phi) is 7.29. The molecule has 0 radical (unpaired) electrons. The molecular weight excluding hydrogens is 551 g/mol. The Hall–Kier alpha value is -3.25. The van der Waals surface area contributed by atoms with E-state index in [2.05, 4.69) is 57.3 Å². The molecule has 0 amide bonds. The molecule has 1 unspecified atom stereocenters. The minimum absolute atomic E-state index is 0.0222. The van der Waals surface area contributed by atoms with Crippen LogP contribution in [0.1, 0.15) is 46.7 Å². The van der Waals surface area contributed by atoms with Crippen molar-refractivity contribution < 1.29 is 9.50 Å². The highest BCUT2D eigenvalue weighted by Crippen LogP contribution is 2.44. The van der Waals surface area contributed by atoms with Crippen molar-refractivity contribution in [3.8, 4) is 0 Å². The molecule has 5 rings (SSSR count). The molecule has 0 saturated carbocycles. The highest BCUT2D eigenvalue weighted by Gasteiger charge is 2.41. The zero-order valence-electron chi connectivity index (χ0n) is 20.2. The number of hydrogen-bond donors (Lipinski definition) is 1. The van der Waals surface area contributed by atoms with Crippen LogP contribution in [0.3, 0.4) is 0 Å². The third-order valence-corrected chi connectivity index (χ3v) is 7.36. The van der Waals surface area contributed by atoms with Gasteiger partial charge in [-0.3, -0.25) is 0 Å². The number of halogens is 3. The second-order valence-electron chi connectivity index (χ2n) is 8.84. The third kappa shape index (κ3) is 4.52. The summed E-state index contributed by atoms with van der Waals surface area (Å²) in [5.74, 6) is -0.367. The molecule has 3 nitrogen and oxygen atoms in total. The predicted molar refractivity (Wildman–Crippen MR) is 149 cm³/mol. The molecule has 0 aliphatic rings. The van der Waals surface area contributed by atoms with Gasteiger partial charge in [-0.15, -0.1) is 0 Å². The molecule has 1 aromatic heterocycles. The lowest BCUT2D eigenvalue weighted by atomic mass is 9.76. The predicted octanol–water partition coefficient (Wildman–Crippen LogP) is 7.92. The second kappa shape index (κ2) is 10.6. The van der Waals surface area contributed by atoms with Crippen molar-refractivity contribution >= 4 is 27.5 Å². The molecule has 1 N–H and O–H groups in total. The molecular formula is C31H25BrClFN2O. The first-order valence-corrected chi connectivity index (χ1v) is 13.2. The number of hydrogen-bond acceptors (Lipinski definition) is 2. The van der Waals surface area contributed by atoms with E-state index in [9.17, 15) is 5.11 Å². The summed E-state index contributed by atoms with van der Waals surface area (Å²) in [7, 11) is 0. The van der Waals surface area contributed by atoms with Crippen LogP contribution in [0.25, 0.3) is 0 Å². The van der Waals surface area contributed by atoms with Crippen LogP contribution in [0.2, 0.25) is 5.02 Å². The Morgan fingerprint density at radius 1 is 0.892 bits per heavy atom. The molecule has 1 heterocycles. The molecule has 1 atom stereocenters. The minimum Gasteiger partial charge on any atom is -0.380 e. The van der Waals surface area contributed by atoms with Crippen molar-refractivity contribution in [2.45, 2.75) is 25.0 Å². The molecule has 0 aliphatic carbocycles. The molecule has 4 aromatic carbocycles. The smallest absolute Gasteiger partial charge is 0.148 e. The van der Waals surface area contributed by atoms with Crippen LogP contribution < -0.4 is 0 Å². The molecule has 0 spiro atoms. The van der Waals surface area contributed by atoms with Crippen LogP contribution in [0.15, 0.2) is 114 Å². The summed E-state index contributed by atoms with van der Waals surface area (Å²) in [6.45, 7) is 1.96. The summed E-state index contributed by atoms with van der Waals surface area (Å²) >= 11 is 9.76. The maximum atomic E-state index is 15.3. The molecule has 0 bridgehead atoms.